The maximum Gasteiger partial charge on any atom is 0.339 e. The summed E-state index contributed by atoms with van der Waals surface area (Å²) in [7, 11) is 0. The van der Waals surface area contributed by atoms with Gasteiger partial charge in [-0.25, -0.2) is 9.59 Å². The van der Waals surface area contributed by atoms with Crippen LogP contribution in [0.1, 0.15) is 5.56 Å². The predicted octanol–water partition coefficient (Wildman–Crippen LogP) is -3.10. The minimum absolute atomic E-state index is 0. The third-order valence-electron chi connectivity index (χ3n) is 3.95. The van der Waals surface area contributed by atoms with Crippen molar-refractivity contribution in [2.45, 2.75) is 37.6 Å². The summed E-state index contributed by atoms with van der Waals surface area (Å²) in [5, 5.41) is 39.0. The molecule has 1 aliphatic rings. The van der Waals surface area contributed by atoms with Crippen LogP contribution >= 0.6 is 0 Å². The molecule has 2 heterocycles. The van der Waals surface area contributed by atoms with Gasteiger partial charge in [0.1, 0.15) is 29.6 Å². The number of ether oxygens (including phenoxy) is 2. The molecule has 28 heavy (non-hydrogen) atoms. The van der Waals surface area contributed by atoms with Crippen molar-refractivity contribution >= 4 is 16.9 Å². The second kappa shape index (κ2) is 9.57. The van der Waals surface area contributed by atoms with Crippen LogP contribution in [0.3, 0.4) is 0 Å². The third-order valence-corrected chi connectivity index (χ3v) is 3.95. The summed E-state index contributed by atoms with van der Waals surface area (Å²) in [6, 6.07) is 6.12. The monoisotopic (exact) mass is 406 g/mol. The average molecular weight is 406 g/mol. The van der Waals surface area contributed by atoms with Crippen molar-refractivity contribution in [2.75, 3.05) is 0 Å². The fraction of sp³-hybridized carbons (Fsp3) is 0.375. The molecule has 0 spiro atoms. The molecule has 10 N–H and O–H groups in total. The van der Waals surface area contributed by atoms with E-state index in [9.17, 15) is 24.9 Å². The van der Waals surface area contributed by atoms with Gasteiger partial charge >= 0.3 is 11.6 Å². The van der Waals surface area contributed by atoms with E-state index < -0.39 is 42.3 Å². The van der Waals surface area contributed by atoms with Crippen LogP contribution in [0.15, 0.2) is 33.5 Å². The van der Waals surface area contributed by atoms with E-state index in [0.29, 0.717) is 10.9 Å². The first-order chi connectivity index (χ1) is 11.8. The van der Waals surface area contributed by atoms with E-state index in [0.717, 1.165) is 0 Å². The Morgan fingerprint density at radius 1 is 1.04 bits per heavy atom. The van der Waals surface area contributed by atoms with Crippen molar-refractivity contribution in [1.82, 2.24) is 0 Å². The van der Waals surface area contributed by atoms with Crippen LogP contribution in [0.4, 0.5) is 0 Å². The largest absolute Gasteiger partial charge is 0.479 e. The van der Waals surface area contributed by atoms with Crippen LogP contribution in [-0.2, 0) is 9.53 Å². The second-order valence-electron chi connectivity index (χ2n) is 5.77. The summed E-state index contributed by atoms with van der Waals surface area (Å²) in [4.78, 5) is 22.7. The number of aliphatic hydroxyl groups is 3. The lowest BCUT2D eigenvalue weighted by Gasteiger charge is -2.38. The zero-order valence-electron chi connectivity index (χ0n) is 14.5. The normalized spacial score (nSPS) is 26.4. The second-order valence-corrected chi connectivity index (χ2v) is 5.77. The minimum Gasteiger partial charge on any atom is -0.479 e. The van der Waals surface area contributed by atoms with Crippen molar-refractivity contribution < 1.29 is 55.5 Å². The molecule has 1 aliphatic heterocycles. The highest BCUT2D eigenvalue weighted by atomic mass is 16.7. The number of hydrogen-bond acceptors (Lipinski definition) is 8. The Hall–Kier alpha value is -2.58. The van der Waals surface area contributed by atoms with Gasteiger partial charge in [-0.3, -0.25) is 0 Å². The lowest BCUT2D eigenvalue weighted by molar-refractivity contribution is -0.271. The lowest BCUT2D eigenvalue weighted by atomic mass is 9.99. The Bertz CT molecular complexity index is 862. The Balaban J connectivity index is 0.00000243. The molecule has 158 valence electrons. The first-order valence-electron chi connectivity index (χ1n) is 7.41. The molecule has 2 aromatic rings. The van der Waals surface area contributed by atoms with Crippen molar-refractivity contribution in [3.8, 4) is 5.75 Å². The summed E-state index contributed by atoms with van der Waals surface area (Å²) in [5.74, 6) is -1.39. The van der Waals surface area contributed by atoms with Gasteiger partial charge in [-0.05, 0) is 25.1 Å². The highest BCUT2D eigenvalue weighted by Crippen LogP contribution is 2.26. The van der Waals surface area contributed by atoms with Crippen LogP contribution in [0.2, 0.25) is 0 Å². The number of aliphatic hydroxyl groups excluding tert-OH is 3. The summed E-state index contributed by atoms with van der Waals surface area (Å²) in [5.41, 5.74) is 0.158. The Labute approximate surface area is 157 Å². The zero-order chi connectivity index (χ0) is 18.3. The van der Waals surface area contributed by atoms with Crippen molar-refractivity contribution in [1.29, 1.82) is 0 Å². The summed E-state index contributed by atoms with van der Waals surface area (Å²) in [6.07, 6.45) is -8.53. The SMILES string of the molecule is Cc1cc2ccc(O[C@@H]3O[C@H](C(=O)O)[C@@H](O)[C@H](O)[C@H]3O)cc2oc1=O.O.O.O. The molecule has 0 unspecified atom stereocenters. The van der Waals surface area contributed by atoms with E-state index in [4.69, 9.17) is 19.0 Å². The van der Waals surface area contributed by atoms with Crippen LogP contribution in [0, 0.1) is 6.92 Å². The smallest absolute Gasteiger partial charge is 0.339 e. The molecule has 1 aromatic heterocycles. The van der Waals surface area contributed by atoms with Gasteiger partial charge in [0.25, 0.3) is 0 Å². The molecule has 5 atom stereocenters. The van der Waals surface area contributed by atoms with Gasteiger partial charge in [0.2, 0.25) is 6.29 Å². The lowest BCUT2D eigenvalue weighted by Crippen LogP contribution is -2.61. The maximum absolute atomic E-state index is 11.6. The topological polar surface area (TPSA) is 241 Å². The fourth-order valence-electron chi connectivity index (χ4n) is 2.55. The van der Waals surface area contributed by atoms with Crippen LogP contribution in [0.25, 0.3) is 11.0 Å². The Morgan fingerprint density at radius 3 is 2.29 bits per heavy atom. The van der Waals surface area contributed by atoms with Gasteiger partial charge < -0.3 is 50.7 Å². The quantitative estimate of drug-likeness (QED) is 0.376. The molecule has 0 aliphatic carbocycles. The number of carbonyl (C=O) groups is 1. The molecule has 12 heteroatoms. The highest BCUT2D eigenvalue weighted by molar-refractivity contribution is 5.78. The molecule has 0 saturated carbocycles. The molecular formula is C16H22O12. The third kappa shape index (κ3) is 4.63. The molecule has 1 fully saturated rings. The van der Waals surface area contributed by atoms with Crippen LogP contribution in [-0.4, -0.2) is 73.5 Å². The van der Waals surface area contributed by atoms with Gasteiger partial charge in [0.05, 0.1) is 0 Å². The number of carboxylic acid groups (broad SMARTS) is 1. The number of benzene rings is 1. The van der Waals surface area contributed by atoms with E-state index in [2.05, 4.69) is 0 Å². The van der Waals surface area contributed by atoms with E-state index >= 15 is 0 Å². The van der Waals surface area contributed by atoms with E-state index in [1.54, 1.807) is 19.1 Å². The zero-order valence-corrected chi connectivity index (χ0v) is 14.5. The summed E-state index contributed by atoms with van der Waals surface area (Å²) in [6.45, 7) is 1.61. The van der Waals surface area contributed by atoms with Gasteiger partial charge in [0.15, 0.2) is 6.10 Å². The standard InChI is InChI=1S/C16H16O9.3H2O/c1-6-4-7-2-3-8(5-9(7)24-15(6)22)23-16-12(19)10(17)11(18)13(25-16)14(20)21;;;/h2-5,10-13,16-19H,1H3,(H,20,21);3*1H2/t10-,11-,12+,13-,16+;;;/m0.../s1. The molecule has 12 nitrogen and oxygen atoms in total. The average Bonchev–Trinajstić information content (AvgIpc) is 2.56. The first kappa shape index (κ1) is 25.4. The number of aliphatic carboxylic acids is 1. The Kier molecular flexibility index (Phi) is 8.68. The van der Waals surface area contributed by atoms with Gasteiger partial charge in [-0.15, -0.1) is 0 Å². The number of fused-ring (bicyclic) bond motifs is 1. The number of carboxylic acids is 1. The van der Waals surface area contributed by atoms with E-state index in [1.165, 1.54) is 12.1 Å². The van der Waals surface area contributed by atoms with Gasteiger partial charge in [0, 0.05) is 17.0 Å². The van der Waals surface area contributed by atoms with Gasteiger partial charge in [-0.2, -0.15) is 0 Å². The van der Waals surface area contributed by atoms with Crippen LogP contribution < -0.4 is 10.4 Å². The first-order valence-corrected chi connectivity index (χ1v) is 7.41. The summed E-state index contributed by atoms with van der Waals surface area (Å²) < 4.78 is 15.5. The van der Waals surface area contributed by atoms with Crippen LogP contribution in [0.5, 0.6) is 5.75 Å². The molecule has 1 saturated heterocycles. The molecule has 0 radical (unpaired) electrons. The Morgan fingerprint density at radius 2 is 1.68 bits per heavy atom. The minimum atomic E-state index is -1.80. The van der Waals surface area contributed by atoms with Crippen molar-refractivity contribution in [3.05, 3.63) is 40.2 Å². The number of rotatable bonds is 3. The number of aryl methyl sites for hydroxylation is 1. The van der Waals surface area contributed by atoms with Gasteiger partial charge in [-0.1, -0.05) is 0 Å². The molecule has 3 rings (SSSR count). The molecule has 0 bridgehead atoms. The predicted molar refractivity (Wildman–Crippen MR) is 93.0 cm³/mol. The van der Waals surface area contributed by atoms with E-state index in [1.807, 2.05) is 0 Å². The number of hydrogen-bond donors (Lipinski definition) is 4. The van der Waals surface area contributed by atoms with Crippen molar-refractivity contribution in [3.63, 3.8) is 0 Å². The maximum atomic E-state index is 11.6. The molecule has 1 aromatic carbocycles. The highest BCUT2D eigenvalue weighted by Gasteiger charge is 2.48. The van der Waals surface area contributed by atoms with E-state index in [-0.39, 0.29) is 27.8 Å². The molecular weight excluding hydrogens is 384 g/mol. The van der Waals surface area contributed by atoms with Crippen molar-refractivity contribution in [2.24, 2.45) is 0 Å². The molecule has 0 amide bonds. The summed E-state index contributed by atoms with van der Waals surface area (Å²) >= 11 is 0. The fourth-order valence-corrected chi connectivity index (χ4v) is 2.55.